The fourth-order valence-corrected chi connectivity index (χ4v) is 3.75. The first-order chi connectivity index (χ1) is 15.9. The Hall–Kier alpha value is -3.33. The van der Waals surface area contributed by atoms with E-state index in [2.05, 4.69) is 5.43 Å². The number of anilines is 2. The number of hydrogen-bond donors (Lipinski definition) is 1. The third-order valence-corrected chi connectivity index (χ3v) is 5.79. The van der Waals surface area contributed by atoms with Crippen molar-refractivity contribution in [1.29, 1.82) is 0 Å². The fourth-order valence-electron chi connectivity index (χ4n) is 3.55. The monoisotopic (exact) mass is 489 g/mol. The number of amides is 1. The lowest BCUT2D eigenvalue weighted by Crippen LogP contribution is -2.48. The molecule has 9 nitrogen and oxygen atoms in total. The van der Waals surface area contributed by atoms with E-state index in [9.17, 15) is 19.2 Å². The van der Waals surface area contributed by atoms with Gasteiger partial charge in [0.15, 0.2) is 11.7 Å². The number of benzene rings is 1. The zero-order valence-electron chi connectivity index (χ0n) is 20.0. The zero-order chi connectivity index (χ0) is 25.4. The van der Waals surface area contributed by atoms with E-state index < -0.39 is 41.8 Å². The Morgan fingerprint density at radius 2 is 1.71 bits per heavy atom. The van der Waals surface area contributed by atoms with Gasteiger partial charge in [-0.1, -0.05) is 11.6 Å². The van der Waals surface area contributed by atoms with Crippen LogP contribution in [0.1, 0.15) is 49.4 Å². The molecule has 0 fully saturated rings. The van der Waals surface area contributed by atoms with Crippen LogP contribution < -0.4 is 10.3 Å². The van der Waals surface area contributed by atoms with Crippen LogP contribution in [0.4, 0.5) is 11.4 Å². The first-order valence-corrected chi connectivity index (χ1v) is 11.2. The van der Waals surface area contributed by atoms with Gasteiger partial charge in [0.05, 0.1) is 21.8 Å². The summed E-state index contributed by atoms with van der Waals surface area (Å²) in [6, 6.07) is 6.90. The van der Waals surface area contributed by atoms with Crippen LogP contribution in [-0.2, 0) is 23.9 Å². The van der Waals surface area contributed by atoms with Crippen LogP contribution >= 0.6 is 11.6 Å². The molecule has 0 spiro atoms. The third-order valence-electron chi connectivity index (χ3n) is 5.48. The minimum absolute atomic E-state index is 0.157. The number of nitrogens with one attached hydrogen (secondary N) is 1. The van der Waals surface area contributed by atoms with Gasteiger partial charge >= 0.3 is 11.9 Å². The smallest absolute Gasteiger partial charge is 0.329 e. The van der Waals surface area contributed by atoms with Gasteiger partial charge in [-0.15, -0.1) is 0 Å². The van der Waals surface area contributed by atoms with E-state index in [1.54, 1.807) is 32.4 Å². The van der Waals surface area contributed by atoms with Crippen molar-refractivity contribution in [2.75, 3.05) is 23.7 Å². The number of nitrogens with zero attached hydrogens (tertiary/aromatic N) is 2. The van der Waals surface area contributed by atoms with Gasteiger partial charge in [-0.3, -0.25) is 29.3 Å². The minimum atomic E-state index is -1.70. The van der Waals surface area contributed by atoms with E-state index >= 15 is 0 Å². The minimum Gasteiger partial charge on any atom is -0.427 e. The topological polar surface area (TPSA) is 107 Å². The lowest BCUT2D eigenvalue weighted by molar-refractivity contribution is -0.174. The highest BCUT2D eigenvalue weighted by atomic mass is 35.5. The Morgan fingerprint density at radius 3 is 2.26 bits per heavy atom. The van der Waals surface area contributed by atoms with Gasteiger partial charge in [0, 0.05) is 23.5 Å². The molecule has 1 atom stereocenters. The number of ether oxygens (including phenoxy) is 2. The van der Waals surface area contributed by atoms with Crippen LogP contribution in [0.5, 0.6) is 0 Å². The average Bonchev–Trinajstić information content (AvgIpc) is 3.06. The molecule has 0 saturated heterocycles. The van der Waals surface area contributed by atoms with E-state index in [4.69, 9.17) is 21.1 Å². The number of ketones is 1. The second-order valence-electron chi connectivity index (χ2n) is 9.06. The molecule has 1 aliphatic rings. The molecule has 2 aromatic rings. The normalized spacial score (nSPS) is 15.7. The van der Waals surface area contributed by atoms with Crippen molar-refractivity contribution in [2.24, 2.45) is 11.3 Å². The maximum absolute atomic E-state index is 13.3. The number of aromatic nitrogens is 1. The Labute approximate surface area is 202 Å². The highest BCUT2D eigenvalue weighted by Crippen LogP contribution is 2.37. The van der Waals surface area contributed by atoms with Gasteiger partial charge in [0.25, 0.3) is 0 Å². The Morgan fingerprint density at radius 1 is 1.09 bits per heavy atom. The molecule has 0 saturated carbocycles. The molecule has 0 radical (unpaired) electrons. The van der Waals surface area contributed by atoms with Crippen molar-refractivity contribution in [3.63, 3.8) is 0 Å². The summed E-state index contributed by atoms with van der Waals surface area (Å²) in [6.07, 6.45) is 0. The molecule has 1 amide bonds. The predicted molar refractivity (Wildman–Crippen MR) is 127 cm³/mol. The molecule has 1 aromatic heterocycles. The fraction of sp³-hybridized carbons (Fsp3) is 0.417. The predicted octanol–water partition coefficient (Wildman–Crippen LogP) is 3.89. The lowest BCUT2D eigenvalue weighted by Gasteiger charge is -2.32. The van der Waals surface area contributed by atoms with Gasteiger partial charge in [-0.05, 0) is 65.8 Å². The molecule has 10 heteroatoms. The molecule has 0 bridgehead atoms. The molecular formula is C24H28ClN3O6. The van der Waals surface area contributed by atoms with E-state index in [-0.39, 0.29) is 12.1 Å². The van der Waals surface area contributed by atoms with Crippen LogP contribution in [0.15, 0.2) is 24.3 Å². The lowest BCUT2D eigenvalue weighted by atomic mass is 9.89. The largest absolute Gasteiger partial charge is 0.427 e. The van der Waals surface area contributed by atoms with Crippen molar-refractivity contribution in [2.45, 2.75) is 41.5 Å². The maximum Gasteiger partial charge on any atom is 0.329 e. The van der Waals surface area contributed by atoms with Crippen LogP contribution in [0, 0.1) is 25.2 Å². The summed E-state index contributed by atoms with van der Waals surface area (Å²) < 4.78 is 11.7. The maximum atomic E-state index is 13.3. The van der Waals surface area contributed by atoms with Crippen LogP contribution in [0.3, 0.4) is 0 Å². The van der Waals surface area contributed by atoms with Crippen molar-refractivity contribution in [1.82, 2.24) is 4.68 Å². The van der Waals surface area contributed by atoms with Crippen LogP contribution in [0.2, 0.25) is 5.02 Å². The summed E-state index contributed by atoms with van der Waals surface area (Å²) in [5.41, 5.74) is 5.13. The molecule has 1 aromatic carbocycles. The van der Waals surface area contributed by atoms with Crippen molar-refractivity contribution < 1.29 is 28.7 Å². The summed E-state index contributed by atoms with van der Waals surface area (Å²) >= 11 is 6.47. The number of esters is 2. The molecule has 2 heterocycles. The third kappa shape index (κ3) is 4.79. The molecular weight excluding hydrogens is 462 g/mol. The summed E-state index contributed by atoms with van der Waals surface area (Å²) in [7, 11) is 0. The van der Waals surface area contributed by atoms with E-state index in [0.717, 1.165) is 11.4 Å². The van der Waals surface area contributed by atoms with Gasteiger partial charge in [-0.25, -0.2) is 0 Å². The van der Waals surface area contributed by atoms with E-state index in [1.807, 2.05) is 26.0 Å². The van der Waals surface area contributed by atoms with E-state index in [0.29, 0.717) is 16.4 Å². The second kappa shape index (κ2) is 9.50. The SMILES string of the molecule is CCN1C(=O)C(C(=O)OCOC(=O)C(C)(C)C)C(=O)c2cc(Nn3c(C)ccc3C)c(Cl)cc21. The van der Waals surface area contributed by atoms with Crippen molar-refractivity contribution >= 4 is 46.6 Å². The summed E-state index contributed by atoms with van der Waals surface area (Å²) in [5.74, 6) is -4.80. The van der Waals surface area contributed by atoms with Crippen molar-refractivity contribution in [3.05, 3.63) is 46.2 Å². The molecule has 1 unspecified atom stereocenters. The van der Waals surface area contributed by atoms with Gasteiger partial charge < -0.3 is 14.4 Å². The number of rotatable bonds is 6. The highest BCUT2D eigenvalue weighted by molar-refractivity contribution is 6.36. The van der Waals surface area contributed by atoms with Crippen LogP contribution in [-0.4, -0.2) is 41.6 Å². The Balaban J connectivity index is 1.89. The number of Topliss-reactive ketones (excluding diaryl/α,β-unsaturated/α-hetero) is 1. The highest BCUT2D eigenvalue weighted by Gasteiger charge is 2.45. The van der Waals surface area contributed by atoms with Gasteiger partial charge in [0.2, 0.25) is 12.7 Å². The first-order valence-electron chi connectivity index (χ1n) is 10.8. The average molecular weight is 490 g/mol. The Kier molecular flexibility index (Phi) is 7.07. The number of carbonyl (C=O) groups excluding carboxylic acids is 4. The van der Waals surface area contributed by atoms with Gasteiger partial charge in [-0.2, -0.15) is 0 Å². The van der Waals surface area contributed by atoms with Crippen LogP contribution in [0.25, 0.3) is 0 Å². The Bertz CT molecular complexity index is 1140. The molecule has 34 heavy (non-hydrogen) atoms. The number of aryl methyl sites for hydroxylation is 2. The zero-order valence-corrected chi connectivity index (χ0v) is 20.8. The summed E-state index contributed by atoms with van der Waals surface area (Å²) in [4.78, 5) is 52.1. The molecule has 1 N–H and O–H groups in total. The molecule has 182 valence electrons. The summed E-state index contributed by atoms with van der Waals surface area (Å²) in [6.45, 7) is 10.0. The van der Waals surface area contributed by atoms with Crippen molar-refractivity contribution in [3.8, 4) is 0 Å². The second-order valence-corrected chi connectivity index (χ2v) is 9.46. The molecule has 0 aliphatic carbocycles. The number of carbonyl (C=O) groups is 4. The number of hydrogen-bond acceptors (Lipinski definition) is 7. The number of halogens is 1. The molecule has 3 rings (SSSR count). The quantitative estimate of drug-likeness (QED) is 0.372. The standard InChI is InChI=1S/C24H28ClN3O6/c1-7-27-18-11-16(25)17(26-28-13(2)8-9-14(28)3)10-15(18)20(29)19(21(27)30)22(31)33-12-34-23(32)24(4,5)6/h8-11,19,26H,7,12H2,1-6H3. The molecule has 1 aliphatic heterocycles. The van der Waals surface area contributed by atoms with E-state index in [1.165, 1.54) is 17.0 Å². The number of fused-ring (bicyclic) bond motifs is 1. The van der Waals surface area contributed by atoms with Gasteiger partial charge in [0.1, 0.15) is 0 Å². The first kappa shape index (κ1) is 25.3. The summed E-state index contributed by atoms with van der Waals surface area (Å²) in [5, 5.41) is 0.306.